The average molecular weight is 314 g/mol. The Balaban J connectivity index is 0.000000231. The van der Waals surface area contributed by atoms with Crippen LogP contribution < -0.4 is 0 Å². The molecule has 0 bridgehead atoms. The van der Waals surface area contributed by atoms with Crippen molar-refractivity contribution in [1.82, 2.24) is 9.97 Å². The van der Waals surface area contributed by atoms with Gasteiger partial charge in [0.05, 0.1) is 0 Å². The SMILES string of the molecule is [Fe+2].c1cc[cH-]c1.c1cnc2nc(-[c-]3cccc3)ccc2c1. The van der Waals surface area contributed by atoms with Gasteiger partial charge in [-0.25, -0.2) is 22.1 Å². The van der Waals surface area contributed by atoms with Crippen LogP contribution >= 0.6 is 0 Å². The summed E-state index contributed by atoms with van der Waals surface area (Å²) in [7, 11) is 0. The molecule has 0 fully saturated rings. The molecule has 0 aliphatic heterocycles. The van der Waals surface area contributed by atoms with Crippen LogP contribution in [0.25, 0.3) is 22.3 Å². The van der Waals surface area contributed by atoms with E-state index in [4.69, 9.17) is 0 Å². The van der Waals surface area contributed by atoms with Crippen molar-refractivity contribution in [3.8, 4) is 11.3 Å². The molecule has 4 rings (SSSR count). The first-order valence-corrected chi connectivity index (χ1v) is 6.54. The fourth-order valence-electron chi connectivity index (χ4n) is 1.98. The quantitative estimate of drug-likeness (QED) is 0.384. The molecule has 2 nitrogen and oxygen atoms in total. The zero-order valence-electron chi connectivity index (χ0n) is 11.3. The molecule has 3 heteroatoms. The Bertz CT molecular complexity index is 742. The van der Waals surface area contributed by atoms with Gasteiger partial charge in [0, 0.05) is 11.6 Å². The van der Waals surface area contributed by atoms with Gasteiger partial charge in [-0.1, -0.05) is 17.7 Å². The minimum atomic E-state index is 0. The predicted molar refractivity (Wildman–Crippen MR) is 82.6 cm³/mol. The summed E-state index contributed by atoms with van der Waals surface area (Å²) >= 11 is 0. The Kier molecular flexibility index (Phi) is 5.44. The van der Waals surface area contributed by atoms with Crippen LogP contribution in [0.4, 0.5) is 0 Å². The summed E-state index contributed by atoms with van der Waals surface area (Å²) in [6.45, 7) is 0. The number of hydrogen-bond acceptors (Lipinski definition) is 2. The van der Waals surface area contributed by atoms with Crippen molar-refractivity contribution in [3.05, 3.63) is 85.1 Å². The van der Waals surface area contributed by atoms with E-state index in [0.717, 1.165) is 22.3 Å². The van der Waals surface area contributed by atoms with Gasteiger partial charge in [0.25, 0.3) is 0 Å². The third kappa shape index (κ3) is 3.88. The van der Waals surface area contributed by atoms with Crippen molar-refractivity contribution < 1.29 is 17.1 Å². The standard InChI is InChI=1S/C13H9N2.C5H5.Fe/c1-2-5-10(4-1)12-8-7-11-6-3-9-14-13(11)15-12;1-2-4-5-3-1;/h1-9H;1-5H;/q2*-1;+2. The number of nitrogens with zero attached hydrogens (tertiary/aromatic N) is 2. The molecule has 21 heavy (non-hydrogen) atoms. The molecule has 0 aliphatic carbocycles. The molecule has 0 saturated heterocycles. The average Bonchev–Trinajstić information content (AvgIpc) is 3.22. The smallest absolute Gasteiger partial charge is 0.248 e. The van der Waals surface area contributed by atoms with Crippen LogP contribution in [0.15, 0.2) is 85.1 Å². The number of pyridine rings is 2. The minimum absolute atomic E-state index is 0. The van der Waals surface area contributed by atoms with Crippen molar-refractivity contribution in [1.29, 1.82) is 0 Å². The first-order chi connectivity index (χ1) is 9.93. The molecule has 0 atom stereocenters. The summed E-state index contributed by atoms with van der Waals surface area (Å²) in [4.78, 5) is 8.75. The molecule has 0 saturated carbocycles. The molecule has 2 aromatic heterocycles. The summed E-state index contributed by atoms with van der Waals surface area (Å²) in [5, 5.41) is 1.08. The molecule has 2 aromatic carbocycles. The molecule has 0 amide bonds. The van der Waals surface area contributed by atoms with Gasteiger partial charge in [-0.2, -0.15) is 30.3 Å². The third-order valence-corrected chi connectivity index (χ3v) is 2.98. The topological polar surface area (TPSA) is 25.8 Å². The van der Waals surface area contributed by atoms with Gasteiger partial charge in [-0.15, -0.1) is 18.2 Å². The van der Waals surface area contributed by atoms with E-state index in [2.05, 4.69) is 28.2 Å². The molecule has 4 aromatic rings. The number of rotatable bonds is 1. The van der Waals surface area contributed by atoms with Gasteiger partial charge >= 0.3 is 17.1 Å². The van der Waals surface area contributed by atoms with Gasteiger partial charge in [0.1, 0.15) is 0 Å². The minimum Gasteiger partial charge on any atom is -0.248 e. The predicted octanol–water partition coefficient (Wildman–Crippen LogP) is 4.42. The summed E-state index contributed by atoms with van der Waals surface area (Å²) in [5.41, 5.74) is 2.92. The van der Waals surface area contributed by atoms with Gasteiger partial charge < -0.3 is 0 Å². The van der Waals surface area contributed by atoms with E-state index in [1.165, 1.54) is 0 Å². The maximum absolute atomic E-state index is 4.51. The van der Waals surface area contributed by atoms with E-state index < -0.39 is 0 Å². The summed E-state index contributed by atoms with van der Waals surface area (Å²) in [6, 6.07) is 26.2. The van der Waals surface area contributed by atoms with Gasteiger partial charge in [0.2, 0.25) is 0 Å². The second-order valence-corrected chi connectivity index (χ2v) is 4.38. The Morgan fingerprint density at radius 2 is 1.62 bits per heavy atom. The van der Waals surface area contributed by atoms with Crippen LogP contribution in [0.3, 0.4) is 0 Å². The summed E-state index contributed by atoms with van der Waals surface area (Å²) in [5.74, 6) is 0. The van der Waals surface area contributed by atoms with Gasteiger partial charge in [0.15, 0.2) is 5.65 Å². The Morgan fingerprint density at radius 1 is 0.857 bits per heavy atom. The van der Waals surface area contributed by atoms with Crippen LogP contribution in [-0.4, -0.2) is 9.97 Å². The number of fused-ring (bicyclic) bond motifs is 1. The molecule has 0 aliphatic rings. The molecular formula is C18H14FeN2. The summed E-state index contributed by atoms with van der Waals surface area (Å²) in [6.07, 6.45) is 1.77. The van der Waals surface area contributed by atoms with Crippen molar-refractivity contribution in [2.75, 3.05) is 0 Å². The largest absolute Gasteiger partial charge is 2.00 e. The van der Waals surface area contributed by atoms with Crippen molar-refractivity contribution >= 4 is 11.0 Å². The van der Waals surface area contributed by atoms with Crippen LogP contribution in [0, 0.1) is 0 Å². The molecule has 0 N–H and O–H groups in total. The Morgan fingerprint density at radius 3 is 2.29 bits per heavy atom. The zero-order chi connectivity index (χ0) is 13.6. The van der Waals surface area contributed by atoms with E-state index in [1.807, 2.05) is 60.7 Å². The monoisotopic (exact) mass is 314 g/mol. The maximum atomic E-state index is 4.51. The number of aromatic nitrogens is 2. The van der Waals surface area contributed by atoms with Gasteiger partial charge in [-0.05, 0) is 11.8 Å². The van der Waals surface area contributed by atoms with Gasteiger partial charge in [-0.3, -0.25) is 0 Å². The third-order valence-electron chi connectivity index (χ3n) is 2.98. The van der Waals surface area contributed by atoms with Crippen LogP contribution in [-0.2, 0) is 17.1 Å². The van der Waals surface area contributed by atoms with Crippen molar-refractivity contribution in [2.45, 2.75) is 0 Å². The van der Waals surface area contributed by atoms with Crippen molar-refractivity contribution in [2.24, 2.45) is 0 Å². The van der Waals surface area contributed by atoms with E-state index in [1.54, 1.807) is 6.20 Å². The van der Waals surface area contributed by atoms with E-state index in [0.29, 0.717) is 0 Å². The van der Waals surface area contributed by atoms with E-state index >= 15 is 0 Å². The second kappa shape index (κ2) is 7.53. The Hall–Kier alpha value is -2.22. The molecule has 2 heterocycles. The number of hydrogen-bond donors (Lipinski definition) is 0. The normalized spacial score (nSPS) is 9.52. The zero-order valence-corrected chi connectivity index (χ0v) is 12.4. The molecular weight excluding hydrogens is 300 g/mol. The summed E-state index contributed by atoms with van der Waals surface area (Å²) < 4.78 is 0. The van der Waals surface area contributed by atoms with Crippen LogP contribution in [0.5, 0.6) is 0 Å². The second-order valence-electron chi connectivity index (χ2n) is 4.38. The van der Waals surface area contributed by atoms with Crippen LogP contribution in [0.1, 0.15) is 0 Å². The van der Waals surface area contributed by atoms with E-state index in [-0.39, 0.29) is 17.1 Å². The molecule has 0 spiro atoms. The molecule has 104 valence electrons. The van der Waals surface area contributed by atoms with Crippen molar-refractivity contribution in [3.63, 3.8) is 0 Å². The first kappa shape index (κ1) is 15.2. The maximum Gasteiger partial charge on any atom is 2.00 e. The van der Waals surface area contributed by atoms with Crippen LogP contribution in [0.2, 0.25) is 0 Å². The fourth-order valence-corrected chi connectivity index (χ4v) is 1.98. The fraction of sp³-hybridized carbons (Fsp3) is 0. The molecule has 0 unspecified atom stereocenters. The van der Waals surface area contributed by atoms with E-state index in [9.17, 15) is 0 Å². The first-order valence-electron chi connectivity index (χ1n) is 6.54. The molecule has 0 radical (unpaired) electrons. The Labute approximate surface area is 134 Å².